The van der Waals surface area contributed by atoms with E-state index in [0.29, 0.717) is 11.4 Å². The normalized spacial score (nSPS) is 10.4. The third-order valence-corrected chi connectivity index (χ3v) is 2.61. The summed E-state index contributed by atoms with van der Waals surface area (Å²) in [5.74, 6) is -0.804. The van der Waals surface area contributed by atoms with Crippen molar-refractivity contribution in [2.75, 3.05) is 24.4 Å². The van der Waals surface area contributed by atoms with Crippen LogP contribution in [-0.2, 0) is 14.3 Å². The topological polar surface area (TPSA) is 82.4 Å². The van der Waals surface area contributed by atoms with Gasteiger partial charge in [-0.3, -0.25) is 4.79 Å². The standard InChI is InChI=1S/C14H15N3O3/c1-10(18)17(2)13-6-4-5-12(7-13)16-9-11(8-15)14(19)20-3/h4-7,9,16H,1-3H3/b11-9+. The predicted molar refractivity (Wildman–Crippen MR) is 74.9 cm³/mol. The molecule has 1 aromatic carbocycles. The molecular formula is C14H15N3O3. The number of esters is 1. The van der Waals surface area contributed by atoms with Gasteiger partial charge in [0.1, 0.15) is 6.07 Å². The van der Waals surface area contributed by atoms with E-state index in [4.69, 9.17) is 5.26 Å². The summed E-state index contributed by atoms with van der Waals surface area (Å²) in [6.45, 7) is 1.46. The Morgan fingerprint density at radius 3 is 2.70 bits per heavy atom. The van der Waals surface area contributed by atoms with Crippen LogP contribution in [0.4, 0.5) is 11.4 Å². The number of carbonyl (C=O) groups excluding carboxylic acids is 2. The Balaban J connectivity index is 2.92. The van der Waals surface area contributed by atoms with Gasteiger partial charge in [0.25, 0.3) is 0 Å². The Labute approximate surface area is 117 Å². The zero-order valence-corrected chi connectivity index (χ0v) is 11.5. The maximum absolute atomic E-state index is 11.3. The fourth-order valence-electron chi connectivity index (χ4n) is 1.39. The van der Waals surface area contributed by atoms with Gasteiger partial charge < -0.3 is 15.0 Å². The first kappa shape index (κ1) is 15.2. The van der Waals surface area contributed by atoms with E-state index in [1.165, 1.54) is 25.1 Å². The minimum absolute atomic E-state index is 0.0926. The summed E-state index contributed by atoms with van der Waals surface area (Å²) < 4.78 is 4.46. The van der Waals surface area contributed by atoms with Gasteiger partial charge in [-0.2, -0.15) is 5.26 Å². The summed E-state index contributed by atoms with van der Waals surface area (Å²) in [5, 5.41) is 11.6. The molecule has 0 saturated heterocycles. The third kappa shape index (κ3) is 3.85. The number of nitriles is 1. The van der Waals surface area contributed by atoms with Crippen molar-refractivity contribution in [2.45, 2.75) is 6.92 Å². The van der Waals surface area contributed by atoms with E-state index >= 15 is 0 Å². The first-order valence-electron chi connectivity index (χ1n) is 5.79. The first-order valence-corrected chi connectivity index (χ1v) is 5.79. The van der Waals surface area contributed by atoms with Crippen molar-refractivity contribution in [3.63, 3.8) is 0 Å². The molecule has 0 aliphatic heterocycles. The number of nitrogens with zero attached hydrogens (tertiary/aromatic N) is 2. The van der Waals surface area contributed by atoms with Crippen molar-refractivity contribution in [2.24, 2.45) is 0 Å². The van der Waals surface area contributed by atoms with Crippen LogP contribution >= 0.6 is 0 Å². The first-order chi connectivity index (χ1) is 9.49. The van der Waals surface area contributed by atoms with E-state index in [0.717, 1.165) is 0 Å². The fraction of sp³-hybridized carbons (Fsp3) is 0.214. The van der Waals surface area contributed by atoms with Gasteiger partial charge in [0.05, 0.1) is 7.11 Å². The number of benzene rings is 1. The average molecular weight is 273 g/mol. The van der Waals surface area contributed by atoms with Crippen molar-refractivity contribution in [3.8, 4) is 6.07 Å². The summed E-state index contributed by atoms with van der Waals surface area (Å²) in [5.41, 5.74) is 1.21. The molecule has 0 aromatic heterocycles. The van der Waals surface area contributed by atoms with Crippen LogP contribution in [0.2, 0.25) is 0 Å². The highest BCUT2D eigenvalue weighted by atomic mass is 16.5. The zero-order valence-electron chi connectivity index (χ0n) is 11.5. The van der Waals surface area contributed by atoms with Crippen LogP contribution in [0.15, 0.2) is 36.0 Å². The molecule has 0 radical (unpaired) electrons. The lowest BCUT2D eigenvalue weighted by Crippen LogP contribution is -2.22. The van der Waals surface area contributed by atoms with Crippen LogP contribution in [0.5, 0.6) is 0 Å². The highest BCUT2D eigenvalue weighted by Crippen LogP contribution is 2.18. The molecule has 0 bridgehead atoms. The molecule has 1 rings (SSSR count). The Morgan fingerprint density at radius 1 is 1.45 bits per heavy atom. The summed E-state index contributed by atoms with van der Waals surface area (Å²) in [6.07, 6.45) is 1.26. The summed E-state index contributed by atoms with van der Waals surface area (Å²) in [4.78, 5) is 24.0. The molecule has 0 spiro atoms. The van der Waals surface area contributed by atoms with Gasteiger partial charge in [-0.1, -0.05) is 6.07 Å². The SMILES string of the molecule is COC(=O)/C(C#N)=C/Nc1cccc(N(C)C(C)=O)c1. The number of carbonyl (C=O) groups is 2. The number of anilines is 2. The van der Waals surface area contributed by atoms with Gasteiger partial charge in [-0.15, -0.1) is 0 Å². The van der Waals surface area contributed by atoms with E-state index in [9.17, 15) is 9.59 Å². The predicted octanol–water partition coefficient (Wildman–Crippen LogP) is 1.66. The van der Waals surface area contributed by atoms with Crippen molar-refractivity contribution in [3.05, 3.63) is 36.0 Å². The quantitative estimate of drug-likeness (QED) is 0.512. The monoisotopic (exact) mass is 273 g/mol. The Hall–Kier alpha value is -2.81. The van der Waals surface area contributed by atoms with Gasteiger partial charge >= 0.3 is 5.97 Å². The van der Waals surface area contributed by atoms with Gasteiger partial charge in [0, 0.05) is 31.5 Å². The smallest absolute Gasteiger partial charge is 0.350 e. The number of methoxy groups -OCH3 is 1. The molecule has 0 heterocycles. The number of ether oxygens (including phenoxy) is 1. The van der Waals surface area contributed by atoms with Crippen LogP contribution in [-0.4, -0.2) is 26.0 Å². The van der Waals surface area contributed by atoms with Crippen LogP contribution in [0.3, 0.4) is 0 Å². The van der Waals surface area contributed by atoms with Crippen molar-refractivity contribution >= 4 is 23.3 Å². The highest BCUT2D eigenvalue weighted by Gasteiger charge is 2.08. The molecular weight excluding hydrogens is 258 g/mol. The molecule has 0 unspecified atom stereocenters. The van der Waals surface area contributed by atoms with E-state index in [2.05, 4.69) is 10.1 Å². The van der Waals surface area contributed by atoms with Crippen LogP contribution in [0.25, 0.3) is 0 Å². The minimum atomic E-state index is -0.711. The molecule has 6 heteroatoms. The van der Waals surface area contributed by atoms with Crippen molar-refractivity contribution in [1.29, 1.82) is 5.26 Å². The minimum Gasteiger partial charge on any atom is -0.465 e. The Morgan fingerprint density at radius 2 is 2.15 bits per heavy atom. The van der Waals surface area contributed by atoms with Crippen molar-refractivity contribution < 1.29 is 14.3 Å². The van der Waals surface area contributed by atoms with E-state index in [1.807, 2.05) is 0 Å². The van der Waals surface area contributed by atoms with Crippen LogP contribution in [0, 0.1) is 11.3 Å². The summed E-state index contributed by atoms with van der Waals surface area (Å²) in [7, 11) is 2.86. The lowest BCUT2D eigenvalue weighted by molar-refractivity contribution is -0.135. The molecule has 1 aromatic rings. The molecule has 1 N–H and O–H groups in total. The van der Waals surface area contributed by atoms with Gasteiger partial charge in [-0.25, -0.2) is 4.79 Å². The molecule has 0 aliphatic carbocycles. The lowest BCUT2D eigenvalue weighted by Gasteiger charge is -2.15. The van der Waals surface area contributed by atoms with Crippen LogP contribution < -0.4 is 10.2 Å². The maximum Gasteiger partial charge on any atom is 0.350 e. The largest absolute Gasteiger partial charge is 0.465 e. The molecule has 0 fully saturated rings. The summed E-state index contributed by atoms with van der Waals surface area (Å²) in [6, 6.07) is 8.75. The van der Waals surface area contributed by atoms with Gasteiger partial charge in [-0.05, 0) is 18.2 Å². The Kier molecular flexibility index (Phi) is 5.30. The van der Waals surface area contributed by atoms with Gasteiger partial charge in [0.15, 0.2) is 5.57 Å². The van der Waals surface area contributed by atoms with E-state index in [1.54, 1.807) is 37.4 Å². The fourth-order valence-corrected chi connectivity index (χ4v) is 1.39. The number of nitrogens with one attached hydrogen (secondary N) is 1. The molecule has 0 aliphatic rings. The number of rotatable bonds is 4. The average Bonchev–Trinajstić information content (AvgIpc) is 2.46. The van der Waals surface area contributed by atoms with E-state index < -0.39 is 5.97 Å². The van der Waals surface area contributed by atoms with Crippen LogP contribution in [0.1, 0.15) is 6.92 Å². The Bertz CT molecular complexity index is 588. The highest BCUT2D eigenvalue weighted by molar-refractivity contribution is 5.93. The zero-order chi connectivity index (χ0) is 15.1. The molecule has 104 valence electrons. The van der Waals surface area contributed by atoms with E-state index in [-0.39, 0.29) is 11.5 Å². The summed E-state index contributed by atoms with van der Waals surface area (Å²) >= 11 is 0. The second kappa shape index (κ2) is 6.95. The number of hydrogen-bond donors (Lipinski definition) is 1. The molecule has 0 saturated carbocycles. The molecule has 0 atom stereocenters. The maximum atomic E-state index is 11.3. The second-order valence-corrected chi connectivity index (χ2v) is 3.93. The lowest BCUT2D eigenvalue weighted by atomic mass is 10.2. The molecule has 6 nitrogen and oxygen atoms in total. The molecule has 20 heavy (non-hydrogen) atoms. The number of amides is 1. The second-order valence-electron chi connectivity index (χ2n) is 3.93. The van der Waals surface area contributed by atoms with Crippen molar-refractivity contribution in [1.82, 2.24) is 0 Å². The number of hydrogen-bond acceptors (Lipinski definition) is 5. The third-order valence-electron chi connectivity index (χ3n) is 2.61. The molecule has 1 amide bonds. The van der Waals surface area contributed by atoms with Gasteiger partial charge in [0.2, 0.25) is 5.91 Å².